The number of benzene rings is 1. The maximum atomic E-state index is 13.3. The third-order valence-electron chi connectivity index (χ3n) is 6.65. The number of nitrogens with zero attached hydrogens (tertiary/aromatic N) is 2. The van der Waals surface area contributed by atoms with Crippen molar-refractivity contribution in [3.05, 3.63) is 35.4 Å². The molecule has 3 amide bonds. The molecule has 1 aliphatic carbocycles. The highest BCUT2D eigenvalue weighted by Crippen LogP contribution is 2.44. The van der Waals surface area contributed by atoms with E-state index in [2.05, 4.69) is 0 Å². The number of amides is 3. The first-order valence-corrected chi connectivity index (χ1v) is 9.97. The summed E-state index contributed by atoms with van der Waals surface area (Å²) in [6, 6.07) is 4.63. The zero-order chi connectivity index (χ0) is 21.0. The van der Waals surface area contributed by atoms with E-state index in [9.17, 15) is 27.6 Å². The molecule has 2 heterocycles. The fourth-order valence-corrected chi connectivity index (χ4v) is 5.17. The number of carbonyl (C=O) groups is 3. The molecule has 4 rings (SSSR count). The molecular formula is C21H23F3N2O3. The smallest absolute Gasteiger partial charge is 0.339 e. The zero-order valence-corrected chi connectivity index (χ0v) is 16.2. The molecule has 8 heteroatoms. The number of halogens is 3. The average molecular weight is 408 g/mol. The topological polar surface area (TPSA) is 57.7 Å². The van der Waals surface area contributed by atoms with Crippen LogP contribution in [0.2, 0.25) is 0 Å². The van der Waals surface area contributed by atoms with Crippen molar-refractivity contribution in [2.75, 3.05) is 13.1 Å². The minimum atomic E-state index is -4.58. The molecule has 5 nitrogen and oxygen atoms in total. The summed E-state index contributed by atoms with van der Waals surface area (Å²) in [6.07, 6.45) is -2.20. The summed E-state index contributed by atoms with van der Waals surface area (Å²) in [5.41, 5.74) is -2.38. The van der Waals surface area contributed by atoms with Crippen LogP contribution < -0.4 is 0 Å². The van der Waals surface area contributed by atoms with Gasteiger partial charge in [-0.15, -0.1) is 0 Å². The van der Waals surface area contributed by atoms with E-state index in [0.29, 0.717) is 12.5 Å². The van der Waals surface area contributed by atoms with Crippen molar-refractivity contribution in [2.24, 2.45) is 5.92 Å². The fraction of sp³-hybridized carbons (Fsp3) is 0.571. The van der Waals surface area contributed by atoms with Gasteiger partial charge < -0.3 is 4.90 Å². The molecule has 3 fully saturated rings. The van der Waals surface area contributed by atoms with Gasteiger partial charge in [-0.1, -0.05) is 18.2 Å². The number of piperidine rings is 1. The second-order valence-corrected chi connectivity index (χ2v) is 8.34. The summed E-state index contributed by atoms with van der Waals surface area (Å²) < 4.78 is 39.8. The Morgan fingerprint density at radius 2 is 2.00 bits per heavy atom. The highest BCUT2D eigenvalue weighted by atomic mass is 19.4. The highest BCUT2D eigenvalue weighted by Gasteiger charge is 2.55. The van der Waals surface area contributed by atoms with Crippen molar-refractivity contribution in [1.82, 2.24) is 9.80 Å². The van der Waals surface area contributed by atoms with E-state index in [1.54, 1.807) is 11.8 Å². The van der Waals surface area contributed by atoms with Gasteiger partial charge in [-0.2, -0.15) is 13.2 Å². The molecule has 3 aliphatic rings. The number of imide groups is 1. The summed E-state index contributed by atoms with van der Waals surface area (Å²) in [5, 5.41) is 0. The van der Waals surface area contributed by atoms with Gasteiger partial charge in [0.1, 0.15) is 0 Å². The molecule has 3 atom stereocenters. The van der Waals surface area contributed by atoms with Gasteiger partial charge in [0.15, 0.2) is 0 Å². The molecule has 1 saturated carbocycles. The number of likely N-dealkylation sites (tertiary alicyclic amines) is 2. The molecule has 0 unspecified atom stereocenters. The quantitative estimate of drug-likeness (QED) is 0.720. The normalized spacial score (nSPS) is 29.2. The average Bonchev–Trinajstić information content (AvgIpc) is 3.36. The van der Waals surface area contributed by atoms with Crippen LogP contribution in [0.4, 0.5) is 13.2 Å². The number of hydrogen-bond donors (Lipinski definition) is 0. The summed E-state index contributed by atoms with van der Waals surface area (Å²) in [7, 11) is 0. The lowest BCUT2D eigenvalue weighted by Gasteiger charge is -2.32. The minimum Gasteiger partial charge on any atom is -0.339 e. The Bertz CT molecular complexity index is 869. The van der Waals surface area contributed by atoms with E-state index >= 15 is 0 Å². The van der Waals surface area contributed by atoms with Crippen LogP contribution in [0.3, 0.4) is 0 Å². The lowest BCUT2D eigenvalue weighted by molar-refractivity contribution is -0.143. The Hall–Kier alpha value is -2.38. The molecule has 2 saturated heterocycles. The molecule has 2 aliphatic heterocycles. The molecule has 0 aromatic heterocycles. The molecule has 1 aromatic rings. The van der Waals surface area contributed by atoms with Gasteiger partial charge in [0.2, 0.25) is 17.7 Å². The molecule has 29 heavy (non-hydrogen) atoms. The van der Waals surface area contributed by atoms with E-state index in [4.69, 9.17) is 0 Å². The zero-order valence-electron chi connectivity index (χ0n) is 16.2. The first-order valence-electron chi connectivity index (χ1n) is 9.97. The molecule has 156 valence electrons. The summed E-state index contributed by atoms with van der Waals surface area (Å²) >= 11 is 0. The number of fused-ring (bicyclic) bond motifs is 2. The third-order valence-corrected chi connectivity index (χ3v) is 6.65. The standard InChI is InChI=1S/C21H23F3N2O3/c1-2-25-17(27)10-20(19(25)29,14-4-3-5-15(9-14)21(22,23)24)11-18(28)26-12-13-6-7-16(26)8-13/h3-5,9,13,16H,2,6-8,10-12H2,1H3/t13-,16-,20+/m1/s1. The van der Waals surface area contributed by atoms with E-state index < -0.39 is 29.0 Å². The second kappa shape index (κ2) is 6.85. The summed E-state index contributed by atoms with van der Waals surface area (Å²) in [6.45, 7) is 2.39. The van der Waals surface area contributed by atoms with Gasteiger partial charge in [0, 0.05) is 32.0 Å². The third kappa shape index (κ3) is 3.22. The Kier molecular flexibility index (Phi) is 4.70. The van der Waals surface area contributed by atoms with Gasteiger partial charge in [-0.05, 0) is 43.7 Å². The van der Waals surface area contributed by atoms with Crippen molar-refractivity contribution in [3.63, 3.8) is 0 Å². The lowest BCUT2D eigenvalue weighted by Crippen LogP contribution is -2.45. The van der Waals surface area contributed by atoms with E-state index in [1.807, 2.05) is 0 Å². The van der Waals surface area contributed by atoms with E-state index in [0.717, 1.165) is 36.3 Å². The summed E-state index contributed by atoms with van der Waals surface area (Å²) in [4.78, 5) is 41.6. The number of rotatable bonds is 4. The van der Waals surface area contributed by atoms with E-state index in [-0.39, 0.29) is 36.9 Å². The number of hydrogen-bond acceptors (Lipinski definition) is 3. The lowest BCUT2D eigenvalue weighted by atomic mass is 9.75. The Labute approximate surface area is 166 Å². The predicted octanol–water partition coefficient (Wildman–Crippen LogP) is 3.12. The molecule has 0 spiro atoms. The number of likely N-dealkylation sites (N-methyl/N-ethyl adjacent to an activating group) is 1. The van der Waals surface area contributed by atoms with Crippen LogP contribution >= 0.6 is 0 Å². The van der Waals surface area contributed by atoms with Crippen LogP contribution in [-0.2, 0) is 26.0 Å². The van der Waals surface area contributed by atoms with Crippen LogP contribution in [0.15, 0.2) is 24.3 Å². The molecule has 0 radical (unpaired) electrons. The van der Waals surface area contributed by atoms with Crippen LogP contribution in [0.5, 0.6) is 0 Å². The van der Waals surface area contributed by atoms with Crippen LogP contribution in [-0.4, -0.2) is 46.7 Å². The van der Waals surface area contributed by atoms with Crippen LogP contribution in [0.1, 0.15) is 50.2 Å². The Morgan fingerprint density at radius 3 is 2.55 bits per heavy atom. The minimum absolute atomic E-state index is 0.0827. The van der Waals surface area contributed by atoms with Crippen molar-refractivity contribution in [1.29, 1.82) is 0 Å². The van der Waals surface area contributed by atoms with Crippen LogP contribution in [0.25, 0.3) is 0 Å². The fourth-order valence-electron chi connectivity index (χ4n) is 5.17. The van der Waals surface area contributed by atoms with Crippen molar-refractivity contribution in [3.8, 4) is 0 Å². The van der Waals surface area contributed by atoms with Crippen molar-refractivity contribution in [2.45, 2.75) is 56.7 Å². The SMILES string of the molecule is CCN1C(=O)C[C@](CC(=O)N2C[C@@H]3CC[C@@H]2C3)(c2cccc(C(F)(F)F)c2)C1=O. The molecular weight excluding hydrogens is 385 g/mol. The molecule has 1 aromatic carbocycles. The van der Waals surface area contributed by atoms with Gasteiger partial charge >= 0.3 is 6.18 Å². The van der Waals surface area contributed by atoms with Gasteiger partial charge in [0.25, 0.3) is 0 Å². The second-order valence-electron chi connectivity index (χ2n) is 8.34. The largest absolute Gasteiger partial charge is 0.416 e. The first kappa shape index (κ1) is 19.9. The highest BCUT2D eigenvalue weighted by molar-refractivity contribution is 6.10. The maximum absolute atomic E-state index is 13.3. The Balaban J connectivity index is 1.72. The first-order chi connectivity index (χ1) is 13.7. The van der Waals surface area contributed by atoms with Crippen molar-refractivity contribution < 1.29 is 27.6 Å². The van der Waals surface area contributed by atoms with Gasteiger partial charge in [0.05, 0.1) is 11.0 Å². The number of alkyl halides is 3. The van der Waals surface area contributed by atoms with Gasteiger partial charge in [-0.3, -0.25) is 19.3 Å². The monoisotopic (exact) mass is 408 g/mol. The predicted molar refractivity (Wildman–Crippen MR) is 97.6 cm³/mol. The number of carbonyl (C=O) groups excluding carboxylic acids is 3. The van der Waals surface area contributed by atoms with Crippen molar-refractivity contribution >= 4 is 17.7 Å². The van der Waals surface area contributed by atoms with Crippen LogP contribution in [0, 0.1) is 5.92 Å². The summed E-state index contributed by atoms with van der Waals surface area (Å²) in [5.74, 6) is -0.831. The Morgan fingerprint density at radius 1 is 1.24 bits per heavy atom. The van der Waals surface area contributed by atoms with Gasteiger partial charge in [-0.25, -0.2) is 0 Å². The molecule has 0 N–H and O–H groups in total. The van der Waals surface area contributed by atoms with E-state index in [1.165, 1.54) is 12.1 Å². The maximum Gasteiger partial charge on any atom is 0.416 e. The molecule has 2 bridgehead atoms.